The molecule has 15 heavy (non-hydrogen) atoms. The molecule has 0 heterocycles. The van der Waals surface area contributed by atoms with Crippen LogP contribution >= 0.6 is 23.8 Å². The van der Waals surface area contributed by atoms with Crippen molar-refractivity contribution in [2.24, 2.45) is 5.10 Å². The maximum Gasteiger partial charge on any atom is 0.186 e. The Balaban J connectivity index is 2.80. The standard InChI is InChI=1S/C10H12ClN3S/c1-7(13-14-10(15)12-2)8-5-3-4-6-9(8)11/h3-6H,1-2H3,(H2,12,14,15)/b13-7-. The third kappa shape index (κ3) is 3.49. The number of hydrogen-bond donors (Lipinski definition) is 2. The molecule has 3 nitrogen and oxygen atoms in total. The van der Waals surface area contributed by atoms with Crippen LogP contribution in [0.3, 0.4) is 0 Å². The summed E-state index contributed by atoms with van der Waals surface area (Å²) in [4.78, 5) is 0. The number of nitrogens with one attached hydrogen (secondary N) is 2. The van der Waals surface area contributed by atoms with Gasteiger partial charge in [-0.2, -0.15) is 5.10 Å². The number of hydrazone groups is 1. The van der Waals surface area contributed by atoms with Crippen LogP contribution in [-0.2, 0) is 0 Å². The zero-order valence-corrected chi connectivity index (χ0v) is 10.1. The maximum atomic E-state index is 6.01. The van der Waals surface area contributed by atoms with Gasteiger partial charge in [0.2, 0.25) is 0 Å². The third-order valence-corrected chi connectivity index (χ3v) is 2.44. The molecule has 0 bridgehead atoms. The monoisotopic (exact) mass is 241 g/mol. The second-order valence-corrected chi connectivity index (χ2v) is 3.68. The highest BCUT2D eigenvalue weighted by molar-refractivity contribution is 7.80. The van der Waals surface area contributed by atoms with E-state index in [9.17, 15) is 0 Å². The molecule has 5 heteroatoms. The summed E-state index contributed by atoms with van der Waals surface area (Å²) >= 11 is 10.9. The Morgan fingerprint density at radius 3 is 2.67 bits per heavy atom. The van der Waals surface area contributed by atoms with Gasteiger partial charge in [-0.1, -0.05) is 29.8 Å². The lowest BCUT2D eigenvalue weighted by atomic mass is 10.1. The van der Waals surface area contributed by atoms with Crippen LogP contribution in [0.1, 0.15) is 12.5 Å². The largest absolute Gasteiger partial charge is 0.364 e. The lowest BCUT2D eigenvalue weighted by molar-refractivity contribution is 0.974. The normalized spacial score (nSPS) is 11.0. The Bertz CT molecular complexity index is 390. The van der Waals surface area contributed by atoms with Crippen molar-refractivity contribution in [3.05, 3.63) is 34.9 Å². The van der Waals surface area contributed by atoms with Gasteiger partial charge in [0.05, 0.1) is 5.71 Å². The summed E-state index contributed by atoms with van der Waals surface area (Å²) in [5, 5.41) is 8.02. The molecule has 0 aliphatic rings. The SMILES string of the molecule is CNC(=S)N/N=C(/C)c1ccccc1Cl. The minimum Gasteiger partial charge on any atom is -0.364 e. The second kappa shape index (κ2) is 5.68. The first-order chi connectivity index (χ1) is 7.15. The zero-order valence-electron chi connectivity index (χ0n) is 8.54. The van der Waals surface area contributed by atoms with Crippen molar-refractivity contribution in [1.29, 1.82) is 0 Å². The lowest BCUT2D eigenvalue weighted by Crippen LogP contribution is -2.29. The van der Waals surface area contributed by atoms with Crippen molar-refractivity contribution in [1.82, 2.24) is 10.7 Å². The summed E-state index contributed by atoms with van der Waals surface area (Å²) < 4.78 is 0. The number of benzene rings is 1. The van der Waals surface area contributed by atoms with Crippen molar-refractivity contribution in [3.63, 3.8) is 0 Å². The summed E-state index contributed by atoms with van der Waals surface area (Å²) in [5.74, 6) is 0. The molecule has 0 aliphatic heterocycles. The van der Waals surface area contributed by atoms with Crippen molar-refractivity contribution in [2.75, 3.05) is 7.05 Å². The number of halogens is 1. The van der Waals surface area contributed by atoms with E-state index in [2.05, 4.69) is 15.8 Å². The van der Waals surface area contributed by atoms with Crippen LogP contribution in [0.4, 0.5) is 0 Å². The van der Waals surface area contributed by atoms with Gasteiger partial charge in [0, 0.05) is 17.6 Å². The van der Waals surface area contributed by atoms with Gasteiger partial charge in [-0.05, 0) is 25.2 Å². The van der Waals surface area contributed by atoms with Gasteiger partial charge in [-0.15, -0.1) is 0 Å². The van der Waals surface area contributed by atoms with E-state index in [1.807, 2.05) is 31.2 Å². The molecule has 0 aromatic heterocycles. The smallest absolute Gasteiger partial charge is 0.186 e. The number of thiocarbonyl (C=S) groups is 1. The number of hydrogen-bond acceptors (Lipinski definition) is 2. The molecule has 1 aromatic rings. The van der Waals surface area contributed by atoms with Crippen LogP contribution in [0.5, 0.6) is 0 Å². The molecule has 0 amide bonds. The summed E-state index contributed by atoms with van der Waals surface area (Å²) in [6, 6.07) is 7.53. The van der Waals surface area contributed by atoms with E-state index in [1.165, 1.54) is 0 Å². The van der Waals surface area contributed by atoms with E-state index in [0.717, 1.165) is 11.3 Å². The van der Waals surface area contributed by atoms with Gasteiger partial charge >= 0.3 is 0 Å². The fourth-order valence-electron chi connectivity index (χ4n) is 1.01. The third-order valence-electron chi connectivity index (χ3n) is 1.82. The van der Waals surface area contributed by atoms with E-state index >= 15 is 0 Å². The number of nitrogens with zero attached hydrogens (tertiary/aromatic N) is 1. The molecule has 1 rings (SSSR count). The second-order valence-electron chi connectivity index (χ2n) is 2.87. The van der Waals surface area contributed by atoms with E-state index in [0.29, 0.717) is 10.1 Å². The highest BCUT2D eigenvalue weighted by Crippen LogP contribution is 2.15. The Kier molecular flexibility index (Phi) is 4.52. The fraction of sp³-hybridized carbons (Fsp3) is 0.200. The van der Waals surface area contributed by atoms with Gasteiger partial charge in [0.25, 0.3) is 0 Å². The number of rotatable bonds is 2. The van der Waals surface area contributed by atoms with Crippen molar-refractivity contribution in [2.45, 2.75) is 6.92 Å². The molecule has 0 saturated carbocycles. The van der Waals surface area contributed by atoms with Gasteiger partial charge in [-0.3, -0.25) is 5.43 Å². The molecule has 1 aromatic carbocycles. The maximum absolute atomic E-state index is 6.01. The van der Waals surface area contributed by atoms with Crippen molar-refractivity contribution < 1.29 is 0 Å². The molecule has 0 atom stereocenters. The molecule has 80 valence electrons. The fourth-order valence-corrected chi connectivity index (χ4v) is 1.32. The van der Waals surface area contributed by atoms with Crippen LogP contribution in [0.2, 0.25) is 5.02 Å². The van der Waals surface area contributed by atoms with E-state index in [4.69, 9.17) is 23.8 Å². The molecule has 0 unspecified atom stereocenters. The molecular formula is C10H12ClN3S. The van der Waals surface area contributed by atoms with Gasteiger partial charge in [-0.25, -0.2) is 0 Å². The van der Waals surface area contributed by atoms with E-state index in [-0.39, 0.29) is 0 Å². The van der Waals surface area contributed by atoms with E-state index < -0.39 is 0 Å². The predicted octanol–water partition coefficient (Wildman–Crippen LogP) is 2.16. The van der Waals surface area contributed by atoms with Crippen LogP contribution in [0.25, 0.3) is 0 Å². The summed E-state index contributed by atoms with van der Waals surface area (Å²) in [6.07, 6.45) is 0. The van der Waals surface area contributed by atoms with Gasteiger partial charge < -0.3 is 5.32 Å². The molecular weight excluding hydrogens is 230 g/mol. The highest BCUT2D eigenvalue weighted by Gasteiger charge is 2.01. The quantitative estimate of drug-likeness (QED) is 0.473. The molecule has 0 radical (unpaired) electrons. The summed E-state index contributed by atoms with van der Waals surface area (Å²) in [6.45, 7) is 1.87. The lowest BCUT2D eigenvalue weighted by Gasteiger charge is -2.05. The molecule has 2 N–H and O–H groups in total. The van der Waals surface area contributed by atoms with Crippen LogP contribution in [0, 0.1) is 0 Å². The molecule has 0 spiro atoms. The van der Waals surface area contributed by atoms with Crippen molar-refractivity contribution in [3.8, 4) is 0 Å². The van der Waals surface area contributed by atoms with Crippen LogP contribution in [-0.4, -0.2) is 17.9 Å². The van der Waals surface area contributed by atoms with Gasteiger partial charge in [0.1, 0.15) is 0 Å². The predicted molar refractivity (Wildman–Crippen MR) is 68.5 cm³/mol. The topological polar surface area (TPSA) is 36.4 Å². The van der Waals surface area contributed by atoms with Crippen molar-refractivity contribution >= 4 is 34.6 Å². The Hall–Kier alpha value is -1.13. The molecule has 0 saturated heterocycles. The Morgan fingerprint density at radius 2 is 2.07 bits per heavy atom. The highest BCUT2D eigenvalue weighted by atomic mass is 35.5. The summed E-state index contributed by atoms with van der Waals surface area (Å²) in [7, 11) is 1.73. The van der Waals surface area contributed by atoms with Crippen LogP contribution in [0.15, 0.2) is 29.4 Å². The Labute approximate surface area is 99.5 Å². The first-order valence-electron chi connectivity index (χ1n) is 4.42. The summed E-state index contributed by atoms with van der Waals surface area (Å²) in [5.41, 5.74) is 4.39. The first kappa shape index (κ1) is 11.9. The minimum atomic E-state index is 0.474. The van der Waals surface area contributed by atoms with Crippen LogP contribution < -0.4 is 10.7 Å². The molecule has 0 aliphatic carbocycles. The van der Waals surface area contributed by atoms with Gasteiger partial charge in [0.15, 0.2) is 5.11 Å². The average Bonchev–Trinajstić information content (AvgIpc) is 2.26. The minimum absolute atomic E-state index is 0.474. The Morgan fingerprint density at radius 1 is 1.40 bits per heavy atom. The average molecular weight is 242 g/mol. The zero-order chi connectivity index (χ0) is 11.3. The van der Waals surface area contributed by atoms with E-state index in [1.54, 1.807) is 7.05 Å². The first-order valence-corrected chi connectivity index (χ1v) is 5.20. The molecule has 0 fully saturated rings.